The number of hydrogen-bond acceptors (Lipinski definition) is 3. The fourth-order valence-corrected chi connectivity index (χ4v) is 3.48. The van der Waals surface area contributed by atoms with E-state index in [1.807, 2.05) is 18.0 Å². The van der Waals surface area contributed by atoms with Crippen molar-refractivity contribution in [3.8, 4) is 0 Å². The quantitative estimate of drug-likeness (QED) is 0.906. The van der Waals surface area contributed by atoms with Crippen molar-refractivity contribution in [3.05, 3.63) is 46.8 Å². The highest BCUT2D eigenvalue weighted by atomic mass is 16.2. The minimum atomic E-state index is 0.0819. The van der Waals surface area contributed by atoms with Crippen LogP contribution < -0.4 is 5.32 Å². The van der Waals surface area contributed by atoms with E-state index in [1.54, 1.807) is 4.68 Å². The summed E-state index contributed by atoms with van der Waals surface area (Å²) in [5.74, 6) is 0.404. The molecule has 1 aliphatic heterocycles. The second kappa shape index (κ2) is 7.52. The fraction of sp³-hybridized carbons (Fsp3) is 0.524. The number of piperidine rings is 1. The van der Waals surface area contributed by atoms with Gasteiger partial charge < -0.3 is 10.2 Å². The van der Waals surface area contributed by atoms with E-state index in [-0.39, 0.29) is 11.9 Å². The van der Waals surface area contributed by atoms with Gasteiger partial charge in [-0.15, -0.1) is 0 Å². The molecule has 0 saturated carbocycles. The van der Waals surface area contributed by atoms with Gasteiger partial charge in [-0.1, -0.05) is 19.9 Å². The summed E-state index contributed by atoms with van der Waals surface area (Å²) in [5, 5.41) is 8.09. The zero-order valence-electron chi connectivity index (χ0n) is 16.5. The molecular formula is C21H30N4O. The molecule has 0 bridgehead atoms. The van der Waals surface area contributed by atoms with Crippen LogP contribution in [0.1, 0.15) is 59.9 Å². The second-order valence-electron chi connectivity index (χ2n) is 7.77. The van der Waals surface area contributed by atoms with Gasteiger partial charge >= 0.3 is 0 Å². The third kappa shape index (κ3) is 3.92. The molecule has 1 atom stereocenters. The fourth-order valence-electron chi connectivity index (χ4n) is 3.48. The number of nitrogens with one attached hydrogen (secondary N) is 1. The van der Waals surface area contributed by atoms with Crippen LogP contribution in [0.3, 0.4) is 0 Å². The maximum atomic E-state index is 13.0. The Hall–Kier alpha value is -2.30. The Balaban J connectivity index is 1.69. The largest absolute Gasteiger partial charge is 0.381 e. The summed E-state index contributed by atoms with van der Waals surface area (Å²) in [5.41, 5.74) is 5.37. The average Bonchev–Trinajstić information content (AvgIpc) is 3.00. The molecular weight excluding hydrogens is 324 g/mol. The van der Waals surface area contributed by atoms with Crippen LogP contribution in [0.4, 0.5) is 5.69 Å². The highest BCUT2D eigenvalue weighted by Crippen LogP contribution is 2.21. The van der Waals surface area contributed by atoms with E-state index in [4.69, 9.17) is 0 Å². The molecule has 1 fully saturated rings. The van der Waals surface area contributed by atoms with Crippen LogP contribution in [0.5, 0.6) is 0 Å². The first-order valence-corrected chi connectivity index (χ1v) is 9.52. The van der Waals surface area contributed by atoms with Crippen molar-refractivity contribution in [1.29, 1.82) is 0 Å². The number of carbonyl (C=O) groups is 1. The van der Waals surface area contributed by atoms with Crippen LogP contribution >= 0.6 is 0 Å². The molecule has 3 rings (SSSR count). The minimum Gasteiger partial charge on any atom is -0.381 e. The molecule has 0 spiro atoms. The van der Waals surface area contributed by atoms with Gasteiger partial charge in [-0.05, 0) is 61.9 Å². The van der Waals surface area contributed by atoms with Crippen LogP contribution in [0, 0.1) is 13.8 Å². The maximum Gasteiger partial charge on any atom is 0.272 e. The molecule has 2 heterocycles. The average molecular weight is 354 g/mol. The molecule has 1 aromatic heterocycles. The van der Waals surface area contributed by atoms with Gasteiger partial charge in [0.15, 0.2) is 0 Å². The minimum absolute atomic E-state index is 0.0819. The lowest BCUT2D eigenvalue weighted by Gasteiger charge is -2.33. The Labute approximate surface area is 156 Å². The molecule has 5 nitrogen and oxygen atoms in total. The van der Waals surface area contributed by atoms with Crippen LogP contribution in [0.2, 0.25) is 0 Å². The SMILES string of the molecule is Cc1ccc(N[C@H]2CCCN(C(=O)c3cc(C(C)C)nn3C)C2)cc1C. The van der Waals surface area contributed by atoms with E-state index in [0.717, 1.165) is 37.3 Å². The maximum absolute atomic E-state index is 13.0. The summed E-state index contributed by atoms with van der Waals surface area (Å²) in [7, 11) is 1.86. The van der Waals surface area contributed by atoms with E-state index < -0.39 is 0 Å². The summed E-state index contributed by atoms with van der Waals surface area (Å²) in [6.45, 7) is 9.99. The number of nitrogens with zero attached hydrogens (tertiary/aromatic N) is 3. The lowest BCUT2D eigenvalue weighted by atomic mass is 10.0. The van der Waals surface area contributed by atoms with Crippen LogP contribution in [-0.2, 0) is 7.05 Å². The number of aromatic nitrogens is 2. The Morgan fingerprint density at radius 3 is 2.65 bits per heavy atom. The summed E-state index contributed by atoms with van der Waals surface area (Å²) < 4.78 is 1.72. The van der Waals surface area contributed by atoms with Crippen molar-refractivity contribution in [2.75, 3.05) is 18.4 Å². The Bertz CT molecular complexity index is 793. The summed E-state index contributed by atoms with van der Waals surface area (Å²) in [6.07, 6.45) is 2.10. The number of carbonyl (C=O) groups excluding carboxylic acids is 1. The predicted molar refractivity (Wildman–Crippen MR) is 106 cm³/mol. The van der Waals surface area contributed by atoms with Gasteiger partial charge in [0.05, 0.1) is 5.69 Å². The van der Waals surface area contributed by atoms with E-state index in [9.17, 15) is 4.79 Å². The summed E-state index contributed by atoms with van der Waals surface area (Å²) in [6, 6.07) is 8.68. The Kier molecular flexibility index (Phi) is 5.35. The number of rotatable bonds is 4. The van der Waals surface area contributed by atoms with E-state index >= 15 is 0 Å². The van der Waals surface area contributed by atoms with Crippen LogP contribution in [-0.4, -0.2) is 39.7 Å². The molecule has 2 aromatic rings. The molecule has 1 aromatic carbocycles. The Morgan fingerprint density at radius 2 is 2.00 bits per heavy atom. The highest BCUT2D eigenvalue weighted by Gasteiger charge is 2.27. The molecule has 0 unspecified atom stereocenters. The normalized spacial score (nSPS) is 17.6. The highest BCUT2D eigenvalue weighted by molar-refractivity contribution is 5.92. The molecule has 0 aliphatic carbocycles. The third-order valence-electron chi connectivity index (χ3n) is 5.30. The molecule has 1 amide bonds. The molecule has 1 N–H and O–H groups in total. The zero-order chi connectivity index (χ0) is 18.8. The van der Waals surface area contributed by atoms with Crippen molar-refractivity contribution in [1.82, 2.24) is 14.7 Å². The van der Waals surface area contributed by atoms with Gasteiger partial charge in [0.2, 0.25) is 0 Å². The van der Waals surface area contributed by atoms with Gasteiger partial charge in [-0.25, -0.2) is 0 Å². The number of aryl methyl sites for hydroxylation is 3. The van der Waals surface area contributed by atoms with E-state index in [1.165, 1.54) is 11.1 Å². The van der Waals surface area contributed by atoms with Gasteiger partial charge in [0.1, 0.15) is 5.69 Å². The monoisotopic (exact) mass is 354 g/mol. The first-order valence-electron chi connectivity index (χ1n) is 9.52. The van der Waals surface area contributed by atoms with Crippen molar-refractivity contribution < 1.29 is 4.79 Å². The third-order valence-corrected chi connectivity index (χ3v) is 5.30. The molecule has 1 aliphatic rings. The molecule has 140 valence electrons. The van der Waals surface area contributed by atoms with Crippen LogP contribution in [0.25, 0.3) is 0 Å². The molecule has 1 saturated heterocycles. The van der Waals surface area contributed by atoms with Gasteiger partial charge in [0.25, 0.3) is 5.91 Å². The first-order chi connectivity index (χ1) is 12.3. The molecule has 26 heavy (non-hydrogen) atoms. The summed E-state index contributed by atoms with van der Waals surface area (Å²) in [4.78, 5) is 15.0. The Morgan fingerprint density at radius 1 is 1.23 bits per heavy atom. The second-order valence-corrected chi connectivity index (χ2v) is 7.77. The predicted octanol–water partition coefficient (Wildman–Crippen LogP) is 3.88. The van der Waals surface area contributed by atoms with Gasteiger partial charge in [-0.3, -0.25) is 9.48 Å². The van der Waals surface area contributed by atoms with E-state index in [0.29, 0.717) is 11.6 Å². The van der Waals surface area contributed by atoms with Gasteiger partial charge in [0, 0.05) is 31.9 Å². The lowest BCUT2D eigenvalue weighted by Crippen LogP contribution is -2.45. The number of benzene rings is 1. The number of amides is 1. The standard InChI is InChI=1S/C21H30N4O/c1-14(2)19-12-20(24(5)23-19)21(26)25-10-6-7-18(13-25)22-17-9-8-15(3)16(4)11-17/h8-9,11-12,14,18,22H,6-7,10,13H2,1-5H3/t18-/m0/s1. The van der Waals surface area contributed by atoms with Crippen molar-refractivity contribution in [2.24, 2.45) is 7.05 Å². The van der Waals surface area contributed by atoms with Crippen molar-refractivity contribution >= 4 is 11.6 Å². The van der Waals surface area contributed by atoms with Crippen molar-refractivity contribution in [2.45, 2.75) is 52.5 Å². The topological polar surface area (TPSA) is 50.2 Å². The number of hydrogen-bond donors (Lipinski definition) is 1. The lowest BCUT2D eigenvalue weighted by molar-refractivity contribution is 0.0703. The van der Waals surface area contributed by atoms with Gasteiger partial charge in [-0.2, -0.15) is 5.10 Å². The molecule has 5 heteroatoms. The van der Waals surface area contributed by atoms with Crippen molar-refractivity contribution in [3.63, 3.8) is 0 Å². The molecule has 0 radical (unpaired) electrons. The zero-order valence-corrected chi connectivity index (χ0v) is 16.5. The number of likely N-dealkylation sites (tertiary alicyclic amines) is 1. The van der Waals surface area contributed by atoms with E-state index in [2.05, 4.69) is 56.3 Å². The number of anilines is 1. The first kappa shape index (κ1) is 18.5. The van der Waals surface area contributed by atoms with Crippen LogP contribution in [0.15, 0.2) is 24.3 Å². The summed E-state index contributed by atoms with van der Waals surface area (Å²) >= 11 is 0. The smallest absolute Gasteiger partial charge is 0.272 e.